The van der Waals surface area contributed by atoms with E-state index < -0.39 is 0 Å². The first-order valence-corrected chi connectivity index (χ1v) is 6.99. The molecule has 0 amide bonds. The SMILES string of the molecule is N[C@H]1CCN(C2CCOC3(CCOCC3)C2)C1. The molecule has 0 aromatic heterocycles. The first-order valence-electron chi connectivity index (χ1n) is 6.99. The molecule has 0 bridgehead atoms. The van der Waals surface area contributed by atoms with Gasteiger partial charge in [-0.3, -0.25) is 4.90 Å². The second-order valence-electron chi connectivity index (χ2n) is 5.83. The molecule has 3 rings (SSSR count). The molecule has 3 aliphatic heterocycles. The molecule has 0 saturated carbocycles. The van der Waals surface area contributed by atoms with Gasteiger partial charge < -0.3 is 15.2 Å². The second-order valence-corrected chi connectivity index (χ2v) is 5.83. The minimum absolute atomic E-state index is 0.119. The van der Waals surface area contributed by atoms with E-state index in [0.29, 0.717) is 12.1 Å². The van der Waals surface area contributed by atoms with Crippen LogP contribution in [0.2, 0.25) is 0 Å². The summed E-state index contributed by atoms with van der Waals surface area (Å²) in [7, 11) is 0. The zero-order valence-corrected chi connectivity index (χ0v) is 10.6. The summed E-state index contributed by atoms with van der Waals surface area (Å²) in [5.41, 5.74) is 6.13. The van der Waals surface area contributed by atoms with Crippen molar-refractivity contribution in [2.45, 2.75) is 49.8 Å². The zero-order valence-electron chi connectivity index (χ0n) is 10.6. The summed E-state index contributed by atoms with van der Waals surface area (Å²) in [5.74, 6) is 0. The van der Waals surface area contributed by atoms with E-state index in [9.17, 15) is 0 Å². The van der Waals surface area contributed by atoms with Crippen molar-refractivity contribution in [2.24, 2.45) is 5.73 Å². The molecule has 0 radical (unpaired) electrons. The van der Waals surface area contributed by atoms with Crippen molar-refractivity contribution in [1.29, 1.82) is 0 Å². The van der Waals surface area contributed by atoms with Crippen LogP contribution in [0, 0.1) is 0 Å². The summed E-state index contributed by atoms with van der Waals surface area (Å²) < 4.78 is 11.5. The van der Waals surface area contributed by atoms with E-state index in [1.165, 1.54) is 19.4 Å². The average molecular weight is 240 g/mol. The van der Waals surface area contributed by atoms with Gasteiger partial charge in [0.15, 0.2) is 0 Å². The number of hydrogen-bond acceptors (Lipinski definition) is 4. The lowest BCUT2D eigenvalue weighted by molar-refractivity contribution is -0.150. The van der Waals surface area contributed by atoms with E-state index in [2.05, 4.69) is 4.90 Å². The van der Waals surface area contributed by atoms with Gasteiger partial charge >= 0.3 is 0 Å². The molecular formula is C13H24N2O2. The van der Waals surface area contributed by atoms with Gasteiger partial charge in [-0.1, -0.05) is 0 Å². The van der Waals surface area contributed by atoms with Crippen LogP contribution in [-0.4, -0.2) is 55.5 Å². The molecule has 3 saturated heterocycles. The fraction of sp³-hybridized carbons (Fsp3) is 1.00. The largest absolute Gasteiger partial charge is 0.381 e. The Morgan fingerprint density at radius 2 is 1.94 bits per heavy atom. The standard InChI is InChI=1S/C13H24N2O2/c14-11-1-5-15(10-11)12-2-6-17-13(9-12)3-7-16-8-4-13/h11-12H,1-10,14H2/t11-,12?/m0/s1. The van der Waals surface area contributed by atoms with Gasteiger partial charge in [0, 0.05) is 45.0 Å². The Bertz CT molecular complexity index is 261. The maximum Gasteiger partial charge on any atom is 0.0741 e. The molecule has 4 heteroatoms. The fourth-order valence-corrected chi connectivity index (χ4v) is 3.55. The van der Waals surface area contributed by atoms with E-state index in [1.54, 1.807) is 0 Å². The highest BCUT2D eigenvalue weighted by molar-refractivity contribution is 4.94. The number of hydrogen-bond donors (Lipinski definition) is 1. The van der Waals surface area contributed by atoms with Crippen molar-refractivity contribution in [3.8, 4) is 0 Å². The van der Waals surface area contributed by atoms with Gasteiger partial charge in [-0.15, -0.1) is 0 Å². The number of nitrogens with zero attached hydrogens (tertiary/aromatic N) is 1. The van der Waals surface area contributed by atoms with E-state index in [1.807, 2.05) is 0 Å². The van der Waals surface area contributed by atoms with Crippen LogP contribution in [0.15, 0.2) is 0 Å². The highest BCUT2D eigenvalue weighted by Crippen LogP contribution is 2.36. The highest BCUT2D eigenvalue weighted by Gasteiger charge is 2.41. The average Bonchev–Trinajstić information content (AvgIpc) is 2.77. The molecule has 98 valence electrons. The van der Waals surface area contributed by atoms with Crippen LogP contribution in [0.1, 0.15) is 32.1 Å². The molecular weight excluding hydrogens is 216 g/mol. The van der Waals surface area contributed by atoms with E-state index >= 15 is 0 Å². The lowest BCUT2D eigenvalue weighted by Gasteiger charge is -2.45. The first-order chi connectivity index (χ1) is 8.27. The van der Waals surface area contributed by atoms with Crippen LogP contribution in [0.3, 0.4) is 0 Å². The number of ether oxygens (including phenoxy) is 2. The maximum absolute atomic E-state index is 6.09. The molecule has 3 aliphatic rings. The summed E-state index contributed by atoms with van der Waals surface area (Å²) in [4.78, 5) is 2.59. The van der Waals surface area contributed by atoms with Gasteiger partial charge in [0.1, 0.15) is 0 Å². The first kappa shape index (κ1) is 11.9. The van der Waals surface area contributed by atoms with Crippen LogP contribution in [0.25, 0.3) is 0 Å². The number of nitrogens with two attached hydrogens (primary N) is 1. The minimum atomic E-state index is 0.119. The number of likely N-dealkylation sites (tertiary alicyclic amines) is 1. The predicted molar refractivity (Wildman–Crippen MR) is 65.9 cm³/mol. The minimum Gasteiger partial charge on any atom is -0.381 e. The Morgan fingerprint density at radius 3 is 2.65 bits per heavy atom. The summed E-state index contributed by atoms with van der Waals surface area (Å²) in [6.07, 6.45) is 5.67. The lowest BCUT2D eigenvalue weighted by Crippen LogP contribution is -2.50. The molecule has 17 heavy (non-hydrogen) atoms. The van der Waals surface area contributed by atoms with Crippen molar-refractivity contribution in [3.63, 3.8) is 0 Å². The van der Waals surface area contributed by atoms with Crippen LogP contribution in [0.4, 0.5) is 0 Å². The molecule has 3 fully saturated rings. The molecule has 3 heterocycles. The summed E-state index contributed by atoms with van der Waals surface area (Å²) in [6.45, 7) is 4.91. The molecule has 2 N–H and O–H groups in total. The van der Waals surface area contributed by atoms with Crippen LogP contribution < -0.4 is 5.73 Å². The molecule has 2 atom stereocenters. The van der Waals surface area contributed by atoms with E-state index in [4.69, 9.17) is 15.2 Å². The number of rotatable bonds is 1. The van der Waals surface area contributed by atoms with Gasteiger partial charge in [-0.25, -0.2) is 0 Å². The van der Waals surface area contributed by atoms with Gasteiger partial charge in [-0.05, 0) is 32.1 Å². The highest BCUT2D eigenvalue weighted by atomic mass is 16.5. The quantitative estimate of drug-likeness (QED) is 0.734. The summed E-state index contributed by atoms with van der Waals surface area (Å²) >= 11 is 0. The van der Waals surface area contributed by atoms with Crippen molar-refractivity contribution in [3.05, 3.63) is 0 Å². The second kappa shape index (κ2) is 4.84. The third kappa shape index (κ3) is 2.50. The van der Waals surface area contributed by atoms with Crippen molar-refractivity contribution in [2.75, 3.05) is 32.9 Å². The van der Waals surface area contributed by atoms with E-state index in [0.717, 1.165) is 45.6 Å². The lowest BCUT2D eigenvalue weighted by atomic mass is 9.83. The molecule has 1 unspecified atom stereocenters. The Morgan fingerprint density at radius 1 is 1.12 bits per heavy atom. The fourth-order valence-electron chi connectivity index (χ4n) is 3.55. The molecule has 4 nitrogen and oxygen atoms in total. The van der Waals surface area contributed by atoms with Crippen molar-refractivity contribution in [1.82, 2.24) is 4.90 Å². The van der Waals surface area contributed by atoms with E-state index in [-0.39, 0.29) is 5.60 Å². The third-order valence-electron chi connectivity index (χ3n) is 4.64. The van der Waals surface area contributed by atoms with Crippen molar-refractivity contribution < 1.29 is 9.47 Å². The molecule has 1 spiro atoms. The molecule has 0 aromatic carbocycles. The van der Waals surface area contributed by atoms with Gasteiger partial charge in [0.2, 0.25) is 0 Å². The van der Waals surface area contributed by atoms with Crippen molar-refractivity contribution >= 4 is 0 Å². The predicted octanol–water partition coefficient (Wildman–Crippen LogP) is 0.748. The maximum atomic E-state index is 6.09. The monoisotopic (exact) mass is 240 g/mol. The zero-order chi connectivity index (χ0) is 11.7. The molecule has 0 aliphatic carbocycles. The summed E-state index contributed by atoms with van der Waals surface area (Å²) in [5, 5.41) is 0. The Labute approximate surface area is 103 Å². The Balaban J connectivity index is 1.62. The van der Waals surface area contributed by atoms with Crippen LogP contribution in [-0.2, 0) is 9.47 Å². The van der Waals surface area contributed by atoms with Crippen LogP contribution in [0.5, 0.6) is 0 Å². The van der Waals surface area contributed by atoms with Gasteiger partial charge in [0.05, 0.1) is 5.60 Å². The molecule has 0 aromatic rings. The van der Waals surface area contributed by atoms with Gasteiger partial charge in [0.25, 0.3) is 0 Å². The third-order valence-corrected chi connectivity index (χ3v) is 4.64. The summed E-state index contributed by atoms with van der Waals surface area (Å²) in [6, 6.07) is 1.08. The topological polar surface area (TPSA) is 47.7 Å². The normalized spacial score (nSPS) is 38.6. The van der Waals surface area contributed by atoms with Gasteiger partial charge in [-0.2, -0.15) is 0 Å². The smallest absolute Gasteiger partial charge is 0.0741 e. The Kier molecular flexibility index (Phi) is 3.39. The Hall–Kier alpha value is -0.160. The van der Waals surface area contributed by atoms with Crippen LogP contribution >= 0.6 is 0 Å².